The van der Waals surface area contributed by atoms with Gasteiger partial charge in [-0.1, -0.05) is 383 Å². The lowest BCUT2D eigenvalue weighted by Gasteiger charge is -2.36. The van der Waals surface area contributed by atoms with Crippen LogP contribution in [0.15, 0.2) is 279 Å². The minimum atomic E-state index is -0.637. The number of hydrogen-bond acceptors (Lipinski definition) is 2. The first-order chi connectivity index (χ1) is 47.6. The molecule has 0 N–H and O–H groups in total. The first-order valence-corrected chi connectivity index (χ1v) is 37.2. The van der Waals surface area contributed by atoms with Gasteiger partial charge >= 0.3 is 0 Å². The summed E-state index contributed by atoms with van der Waals surface area (Å²) in [5.41, 5.74) is 23.5. The van der Waals surface area contributed by atoms with E-state index in [0.29, 0.717) is 0 Å². The highest BCUT2D eigenvalue weighted by Gasteiger charge is 2.52. The highest BCUT2D eigenvalue weighted by molar-refractivity contribution is 5.97. The smallest absolute Gasteiger partial charge is 0.0714 e. The predicted octanol–water partition coefficient (Wildman–Crippen LogP) is 29.4. The normalized spacial score (nSPS) is 11.0. The van der Waals surface area contributed by atoms with Crippen molar-refractivity contribution in [1.82, 2.24) is 0 Å². The van der Waals surface area contributed by atoms with Gasteiger partial charge in [0.25, 0.3) is 0 Å². The molecule has 0 saturated carbocycles. The second-order valence-electron chi connectivity index (χ2n) is 19.6. The Morgan fingerprint density at radius 2 is 0.427 bits per heavy atom. The molecule has 0 saturated heterocycles. The van der Waals surface area contributed by atoms with Crippen LogP contribution in [0, 0.1) is 0 Å². The molecule has 0 amide bonds. The SMILES string of the molecule is CC.CC.CC.CC.CC.CC.CC.CC.CC.CC.CC.CCN(c1ccc2c(c1)C(c1ccccc1)(c1ccccc1)c1cc3c(cc1-2)C(c1ccccc1)(c1ccccc1)c1cc(N(CC)c2ccccc2-c2ccccc2)ccc1-3)c1ccccc1-c1ccccc1. The molecule has 508 valence electrons. The number of fused-ring (bicyclic) bond motifs is 6. The molecule has 0 unspecified atom stereocenters. The lowest BCUT2D eigenvalue weighted by atomic mass is 9.66. The Balaban J connectivity index is 0.00000130. The van der Waals surface area contributed by atoms with Crippen molar-refractivity contribution in [2.45, 2.75) is 177 Å². The first-order valence-electron chi connectivity index (χ1n) is 37.2. The summed E-state index contributed by atoms with van der Waals surface area (Å²) in [5, 5.41) is 0. The molecule has 13 rings (SSSR count). The van der Waals surface area contributed by atoms with E-state index in [0.717, 1.165) is 13.1 Å². The fourth-order valence-electron chi connectivity index (χ4n) is 12.9. The number of para-hydroxylation sites is 2. The summed E-state index contributed by atoms with van der Waals surface area (Å²) < 4.78 is 0. The van der Waals surface area contributed by atoms with E-state index in [-0.39, 0.29) is 0 Å². The van der Waals surface area contributed by atoms with Crippen LogP contribution in [-0.4, -0.2) is 13.1 Å². The van der Waals surface area contributed by atoms with E-state index in [9.17, 15) is 0 Å². The molecule has 0 radical (unpaired) electrons. The lowest BCUT2D eigenvalue weighted by Crippen LogP contribution is -2.30. The summed E-state index contributed by atoms with van der Waals surface area (Å²) in [6.45, 7) is 50.1. The number of nitrogens with zero attached hydrogens (tertiary/aromatic N) is 2. The van der Waals surface area contributed by atoms with Crippen molar-refractivity contribution in [1.29, 1.82) is 0 Å². The van der Waals surface area contributed by atoms with Gasteiger partial charge in [-0.2, -0.15) is 0 Å². The predicted molar refractivity (Wildman–Crippen MR) is 435 cm³/mol. The molecule has 0 heterocycles. The highest BCUT2D eigenvalue weighted by atomic mass is 15.1. The van der Waals surface area contributed by atoms with Crippen molar-refractivity contribution in [3.63, 3.8) is 0 Å². The Bertz CT molecular complexity index is 3460. The summed E-state index contributed by atoms with van der Waals surface area (Å²) >= 11 is 0. The summed E-state index contributed by atoms with van der Waals surface area (Å²) in [7, 11) is 0. The van der Waals surface area contributed by atoms with Gasteiger partial charge in [0.15, 0.2) is 0 Å². The van der Waals surface area contributed by atoms with Crippen molar-refractivity contribution in [3.05, 3.63) is 324 Å². The number of benzene rings is 11. The van der Waals surface area contributed by atoms with Crippen molar-refractivity contribution in [2.24, 2.45) is 0 Å². The van der Waals surface area contributed by atoms with Crippen LogP contribution in [-0.2, 0) is 10.8 Å². The lowest BCUT2D eigenvalue weighted by molar-refractivity contribution is 0.758. The molecule has 96 heavy (non-hydrogen) atoms. The summed E-state index contributed by atoms with van der Waals surface area (Å²) in [6.07, 6.45) is 0. The Kier molecular flexibility index (Phi) is 39.3. The van der Waals surface area contributed by atoms with Crippen LogP contribution >= 0.6 is 0 Å². The van der Waals surface area contributed by atoms with Gasteiger partial charge in [0, 0.05) is 47.0 Å². The highest BCUT2D eigenvalue weighted by Crippen LogP contribution is 2.63. The Hall–Kier alpha value is -8.98. The molecular weight excluding hydrogens is 1160 g/mol. The molecular formula is C94H122N2. The topological polar surface area (TPSA) is 6.48 Å². The standard InChI is InChI=1S/C72H56N2.11C2H6/c1-3-73(69-41-25-23-39-59(69)51-27-11-5-12-28-51)57-43-45-61-63-49-68-64(50-67(63)71(65(61)47-57,53-31-15-7-16-32-53)54-33-17-8-18-34-54)62-46-44-58(74(4-2)70-42-26-24-40-60(70)52-29-13-6-14-30-52)48-66(62)72(68,55-35-19-9-20-36-55)56-37-21-10-22-38-56;11*1-2/h5-50H,3-4H2,1-2H3;11*1-2H3. The van der Waals surface area contributed by atoms with Crippen molar-refractivity contribution < 1.29 is 0 Å². The summed E-state index contributed by atoms with van der Waals surface area (Å²) in [6, 6.07) is 104. The molecule has 0 aromatic heterocycles. The van der Waals surface area contributed by atoms with Crippen LogP contribution in [0.5, 0.6) is 0 Å². The Labute approximate surface area is 587 Å². The van der Waals surface area contributed by atoms with E-state index in [4.69, 9.17) is 0 Å². The molecule has 2 nitrogen and oxygen atoms in total. The molecule has 0 atom stereocenters. The van der Waals surface area contributed by atoms with E-state index in [2.05, 4.69) is 303 Å². The minimum Gasteiger partial charge on any atom is -0.341 e. The van der Waals surface area contributed by atoms with Crippen molar-refractivity contribution in [2.75, 3.05) is 22.9 Å². The quantitative estimate of drug-likeness (QED) is 0.120. The maximum absolute atomic E-state index is 2.60. The monoisotopic (exact) mass is 1280 g/mol. The maximum atomic E-state index is 2.60. The molecule has 0 bridgehead atoms. The first kappa shape index (κ1) is 83.1. The zero-order chi connectivity index (χ0) is 71.6. The molecule has 0 fully saturated rings. The molecule has 0 spiro atoms. The van der Waals surface area contributed by atoms with E-state index in [1.165, 1.54) is 112 Å². The Morgan fingerprint density at radius 1 is 0.208 bits per heavy atom. The van der Waals surface area contributed by atoms with Gasteiger partial charge < -0.3 is 9.80 Å². The van der Waals surface area contributed by atoms with Gasteiger partial charge in [-0.15, -0.1) is 0 Å². The van der Waals surface area contributed by atoms with Gasteiger partial charge in [-0.05, 0) is 140 Å². The fourth-order valence-corrected chi connectivity index (χ4v) is 12.9. The van der Waals surface area contributed by atoms with Crippen LogP contribution in [0.25, 0.3) is 44.5 Å². The third-order valence-electron chi connectivity index (χ3n) is 16.0. The molecule has 2 aliphatic rings. The molecule has 0 aliphatic heterocycles. The largest absolute Gasteiger partial charge is 0.341 e. The number of rotatable bonds is 12. The number of anilines is 4. The fraction of sp³-hybridized carbons (Fsp3) is 0.298. The second kappa shape index (κ2) is 45.4. The molecule has 2 aliphatic carbocycles. The van der Waals surface area contributed by atoms with E-state index < -0.39 is 10.8 Å². The van der Waals surface area contributed by atoms with Gasteiger partial charge in [-0.25, -0.2) is 0 Å². The van der Waals surface area contributed by atoms with Crippen LogP contribution in [0.2, 0.25) is 0 Å². The van der Waals surface area contributed by atoms with Gasteiger partial charge in [0.2, 0.25) is 0 Å². The van der Waals surface area contributed by atoms with Gasteiger partial charge in [0.1, 0.15) is 0 Å². The van der Waals surface area contributed by atoms with Crippen LogP contribution in [0.3, 0.4) is 0 Å². The second-order valence-corrected chi connectivity index (χ2v) is 19.6. The number of hydrogen-bond donors (Lipinski definition) is 0. The molecule has 11 aromatic rings. The van der Waals surface area contributed by atoms with E-state index in [1.807, 2.05) is 152 Å². The average molecular weight is 1280 g/mol. The average Bonchev–Trinajstić information content (AvgIpc) is 1.50. The molecule has 11 aromatic carbocycles. The van der Waals surface area contributed by atoms with Crippen molar-refractivity contribution in [3.8, 4) is 44.5 Å². The third-order valence-corrected chi connectivity index (χ3v) is 16.0. The molecule has 2 heteroatoms. The zero-order valence-electron chi connectivity index (χ0n) is 63.9. The zero-order valence-corrected chi connectivity index (χ0v) is 63.9. The Morgan fingerprint density at radius 3 is 0.677 bits per heavy atom. The van der Waals surface area contributed by atoms with E-state index >= 15 is 0 Å². The van der Waals surface area contributed by atoms with Gasteiger partial charge in [0.05, 0.1) is 10.8 Å². The van der Waals surface area contributed by atoms with Crippen LogP contribution in [0.1, 0.15) is 211 Å². The van der Waals surface area contributed by atoms with Gasteiger partial charge in [-0.3, -0.25) is 0 Å². The van der Waals surface area contributed by atoms with Crippen LogP contribution in [0.4, 0.5) is 22.7 Å². The summed E-state index contributed by atoms with van der Waals surface area (Å²) in [5.74, 6) is 0. The third kappa shape index (κ3) is 17.2. The minimum absolute atomic E-state index is 0.637. The van der Waals surface area contributed by atoms with E-state index in [1.54, 1.807) is 0 Å². The maximum Gasteiger partial charge on any atom is 0.0714 e. The summed E-state index contributed by atoms with van der Waals surface area (Å²) in [4.78, 5) is 4.99. The van der Waals surface area contributed by atoms with Crippen molar-refractivity contribution >= 4 is 22.7 Å². The van der Waals surface area contributed by atoms with Crippen LogP contribution < -0.4 is 9.80 Å².